The second-order valence-corrected chi connectivity index (χ2v) is 5.02. The van der Waals surface area contributed by atoms with Crippen LogP contribution in [0, 0.1) is 0 Å². The molecule has 0 spiro atoms. The first-order valence-corrected chi connectivity index (χ1v) is 6.23. The number of fused-ring (bicyclic) bond motifs is 1. The van der Waals surface area contributed by atoms with Gasteiger partial charge < -0.3 is 0 Å². The van der Waals surface area contributed by atoms with E-state index in [-0.39, 0.29) is 0 Å². The van der Waals surface area contributed by atoms with E-state index in [9.17, 15) is 0 Å². The average molecular weight is 213 g/mol. The van der Waals surface area contributed by atoms with Crippen LogP contribution in [0.3, 0.4) is 0 Å². The Morgan fingerprint density at radius 2 is 1.92 bits per heavy atom. The number of alkyl halides is 1. The number of thioether (sulfide) groups is 1. The van der Waals surface area contributed by atoms with Gasteiger partial charge in [0.15, 0.2) is 0 Å². The highest BCUT2D eigenvalue weighted by atomic mass is 35.5. The van der Waals surface area contributed by atoms with Gasteiger partial charge in [-0.2, -0.15) is 0 Å². The molecule has 2 heteroatoms. The Labute approximate surface area is 88.7 Å². The van der Waals surface area contributed by atoms with Crippen molar-refractivity contribution < 1.29 is 0 Å². The van der Waals surface area contributed by atoms with E-state index in [4.69, 9.17) is 11.6 Å². The van der Waals surface area contributed by atoms with E-state index < -0.39 is 0 Å². The number of hydrogen-bond acceptors (Lipinski definition) is 1. The molecule has 0 fully saturated rings. The zero-order chi connectivity index (χ0) is 9.10. The predicted molar refractivity (Wildman–Crippen MR) is 59.7 cm³/mol. The van der Waals surface area contributed by atoms with Gasteiger partial charge in [-0.15, -0.1) is 23.4 Å². The standard InChI is InChI=1S/C11H13ClS/c12-8-13-11-6-5-9-3-1-2-4-10(9)7-11/h5-7H,1-4,8H2. The summed E-state index contributed by atoms with van der Waals surface area (Å²) in [6.45, 7) is 0. The maximum absolute atomic E-state index is 5.68. The Bertz CT molecular complexity index is 296. The fourth-order valence-corrected chi connectivity index (χ4v) is 2.76. The van der Waals surface area contributed by atoms with E-state index in [1.165, 1.54) is 30.6 Å². The first-order valence-electron chi connectivity index (χ1n) is 4.71. The second kappa shape index (κ2) is 4.39. The molecule has 0 amide bonds. The van der Waals surface area contributed by atoms with E-state index in [0.717, 1.165) is 0 Å². The number of rotatable bonds is 2. The predicted octanol–water partition coefficient (Wildman–Crippen LogP) is 3.85. The number of aryl methyl sites for hydroxylation is 2. The van der Waals surface area contributed by atoms with Crippen LogP contribution >= 0.6 is 23.4 Å². The molecule has 0 saturated heterocycles. The van der Waals surface area contributed by atoms with Crippen LogP contribution in [0.4, 0.5) is 0 Å². The van der Waals surface area contributed by atoms with Crippen LogP contribution in [0.2, 0.25) is 0 Å². The van der Waals surface area contributed by atoms with Crippen molar-refractivity contribution in [3.63, 3.8) is 0 Å². The van der Waals surface area contributed by atoms with Crippen molar-refractivity contribution in [2.24, 2.45) is 0 Å². The summed E-state index contributed by atoms with van der Waals surface area (Å²) in [4.78, 5) is 1.32. The van der Waals surface area contributed by atoms with Crippen molar-refractivity contribution >= 4 is 23.4 Å². The first kappa shape index (κ1) is 9.42. The second-order valence-electron chi connectivity index (χ2n) is 3.39. The van der Waals surface area contributed by atoms with Crippen molar-refractivity contribution in [1.82, 2.24) is 0 Å². The third-order valence-electron chi connectivity index (χ3n) is 2.54. The summed E-state index contributed by atoms with van der Waals surface area (Å²) in [5, 5.41) is 0.652. The quantitative estimate of drug-likeness (QED) is 0.530. The molecule has 1 aliphatic carbocycles. The molecule has 0 aliphatic heterocycles. The van der Waals surface area contributed by atoms with Gasteiger partial charge in [-0.25, -0.2) is 0 Å². The van der Waals surface area contributed by atoms with E-state index in [0.29, 0.717) is 5.21 Å². The fourth-order valence-electron chi connectivity index (χ4n) is 1.86. The molecule has 13 heavy (non-hydrogen) atoms. The van der Waals surface area contributed by atoms with Crippen LogP contribution < -0.4 is 0 Å². The summed E-state index contributed by atoms with van der Waals surface area (Å²) in [5.41, 5.74) is 3.09. The minimum absolute atomic E-state index is 0.652. The molecule has 1 aromatic carbocycles. The van der Waals surface area contributed by atoms with Crippen molar-refractivity contribution in [3.8, 4) is 0 Å². The van der Waals surface area contributed by atoms with Crippen LogP contribution in [-0.4, -0.2) is 5.21 Å². The Balaban J connectivity index is 2.24. The van der Waals surface area contributed by atoms with Gasteiger partial charge in [0.2, 0.25) is 0 Å². The number of hydrogen-bond donors (Lipinski definition) is 0. The minimum Gasteiger partial charge on any atom is -0.114 e. The van der Waals surface area contributed by atoms with Gasteiger partial charge in [0.25, 0.3) is 0 Å². The van der Waals surface area contributed by atoms with Crippen LogP contribution in [0.25, 0.3) is 0 Å². The van der Waals surface area contributed by atoms with Gasteiger partial charge in [-0.1, -0.05) is 6.07 Å². The smallest absolute Gasteiger partial charge is 0.0727 e. The summed E-state index contributed by atoms with van der Waals surface area (Å²) in [6.07, 6.45) is 5.23. The van der Waals surface area contributed by atoms with E-state index in [1.807, 2.05) is 0 Å². The Morgan fingerprint density at radius 3 is 2.69 bits per heavy atom. The Hall–Kier alpha value is -0.140. The summed E-state index contributed by atoms with van der Waals surface area (Å²) in [5.74, 6) is 0. The molecule has 2 rings (SSSR count). The molecule has 0 bridgehead atoms. The molecular formula is C11H13ClS. The molecule has 70 valence electrons. The lowest BCUT2D eigenvalue weighted by molar-refractivity contribution is 0.684. The highest BCUT2D eigenvalue weighted by molar-refractivity contribution is 8.00. The minimum atomic E-state index is 0.652. The summed E-state index contributed by atoms with van der Waals surface area (Å²) in [6, 6.07) is 6.77. The third-order valence-corrected chi connectivity index (χ3v) is 3.56. The van der Waals surface area contributed by atoms with Gasteiger partial charge >= 0.3 is 0 Å². The molecule has 0 N–H and O–H groups in total. The van der Waals surface area contributed by atoms with Crippen molar-refractivity contribution in [1.29, 1.82) is 0 Å². The molecule has 0 atom stereocenters. The molecule has 0 radical (unpaired) electrons. The molecule has 1 aliphatic rings. The fraction of sp³-hybridized carbons (Fsp3) is 0.455. The van der Waals surface area contributed by atoms with Gasteiger partial charge in [-0.05, 0) is 48.9 Å². The molecule has 0 saturated carbocycles. The molecule has 0 aromatic heterocycles. The maximum atomic E-state index is 5.68. The molecule has 0 heterocycles. The van der Waals surface area contributed by atoms with Gasteiger partial charge in [0, 0.05) is 4.90 Å². The van der Waals surface area contributed by atoms with Gasteiger partial charge in [-0.3, -0.25) is 0 Å². The van der Waals surface area contributed by atoms with E-state index in [2.05, 4.69) is 18.2 Å². The Kier molecular flexibility index (Phi) is 3.18. The van der Waals surface area contributed by atoms with Crippen molar-refractivity contribution in [2.45, 2.75) is 30.6 Å². The van der Waals surface area contributed by atoms with E-state index >= 15 is 0 Å². The summed E-state index contributed by atoms with van der Waals surface area (Å²) >= 11 is 7.40. The van der Waals surface area contributed by atoms with Crippen LogP contribution in [0.15, 0.2) is 23.1 Å². The molecule has 0 unspecified atom stereocenters. The van der Waals surface area contributed by atoms with Gasteiger partial charge in [0.1, 0.15) is 0 Å². The SMILES string of the molecule is ClCSc1ccc2c(c1)CCCC2. The Morgan fingerprint density at radius 1 is 1.15 bits per heavy atom. The monoisotopic (exact) mass is 212 g/mol. The lowest BCUT2D eigenvalue weighted by Gasteiger charge is -2.15. The normalized spacial score (nSPS) is 15.5. The van der Waals surface area contributed by atoms with Crippen molar-refractivity contribution in [3.05, 3.63) is 29.3 Å². The molecule has 0 nitrogen and oxygen atoms in total. The first-order chi connectivity index (χ1) is 6.40. The maximum Gasteiger partial charge on any atom is 0.0727 e. The summed E-state index contributed by atoms with van der Waals surface area (Å²) in [7, 11) is 0. The van der Waals surface area contributed by atoms with Crippen LogP contribution in [0.5, 0.6) is 0 Å². The lowest BCUT2D eigenvalue weighted by Crippen LogP contribution is -2.01. The van der Waals surface area contributed by atoms with Gasteiger partial charge in [0.05, 0.1) is 5.21 Å². The topological polar surface area (TPSA) is 0 Å². The summed E-state index contributed by atoms with van der Waals surface area (Å²) < 4.78 is 0. The average Bonchev–Trinajstić information content (AvgIpc) is 2.18. The molecule has 1 aromatic rings. The van der Waals surface area contributed by atoms with Crippen molar-refractivity contribution in [2.75, 3.05) is 5.21 Å². The molecular weight excluding hydrogens is 200 g/mol. The highest BCUT2D eigenvalue weighted by Crippen LogP contribution is 2.27. The highest BCUT2D eigenvalue weighted by Gasteiger charge is 2.08. The van der Waals surface area contributed by atoms with Crippen LogP contribution in [-0.2, 0) is 12.8 Å². The number of benzene rings is 1. The largest absolute Gasteiger partial charge is 0.114 e. The lowest BCUT2D eigenvalue weighted by atomic mass is 9.92. The zero-order valence-electron chi connectivity index (χ0n) is 7.55. The third kappa shape index (κ3) is 2.21. The number of halogens is 1. The van der Waals surface area contributed by atoms with Crippen LogP contribution in [0.1, 0.15) is 24.0 Å². The van der Waals surface area contributed by atoms with E-state index in [1.54, 1.807) is 22.9 Å². The zero-order valence-corrected chi connectivity index (χ0v) is 9.13.